The summed E-state index contributed by atoms with van der Waals surface area (Å²) in [4.78, 5) is 173. The Hall–Kier alpha value is -5.61. The van der Waals surface area contributed by atoms with Crippen molar-refractivity contribution >= 4 is 64.6 Å². The summed E-state index contributed by atoms with van der Waals surface area (Å²) < 4.78 is 11.8. The molecule has 92 heavy (non-hydrogen) atoms. The number of carbonyl (C=O) groups is 11. The molecular weight excluding hydrogens is 1180 g/mol. The van der Waals surface area contributed by atoms with E-state index in [1.54, 1.807) is 96.1 Å². The molecule has 0 aromatic rings. The van der Waals surface area contributed by atoms with E-state index < -0.39 is 155 Å². The van der Waals surface area contributed by atoms with Gasteiger partial charge in [0.2, 0.25) is 47.3 Å². The SMILES string of the molecule is C/C=C/C[C@@H](C)[C@@H](O)[C@H]1C(=O)N[C@@H](CC)C(=O)N(C)[C@H](COC(C)(C)C)C(=O)N(C)[C@@H]([C@H](C)COC)C(=O)C[C@@H](C(C)C)C(=O)N(C)[C@@H](CC(C)C)C(=O)C[C@@H](C)C(=O)C[C@H](C)C(=O)N(C)[C@@H](CC(C)C)C(=O)N(C)[C@@H](CC(C)C)C(=O)N(C)[C@@H](C(C)C)C(=O)N1C. The zero-order chi connectivity index (χ0) is 71.5. The van der Waals surface area contributed by atoms with E-state index >= 15 is 33.6 Å². The summed E-state index contributed by atoms with van der Waals surface area (Å²) in [6.45, 7) is 33.5. The summed E-state index contributed by atoms with van der Waals surface area (Å²) >= 11 is 0. The lowest BCUT2D eigenvalue weighted by atomic mass is 9.83. The highest BCUT2D eigenvalue weighted by Gasteiger charge is 2.47. The van der Waals surface area contributed by atoms with Crippen LogP contribution in [0, 0.1) is 59.2 Å². The molecule has 14 atom stereocenters. The highest BCUT2D eigenvalue weighted by atomic mass is 16.5. The predicted octanol–water partition coefficient (Wildman–Crippen LogP) is 6.96. The second-order valence-electron chi connectivity index (χ2n) is 29.4. The summed E-state index contributed by atoms with van der Waals surface area (Å²) in [5.74, 6) is -12.0. The molecule has 1 saturated heterocycles. The first-order valence-electron chi connectivity index (χ1n) is 33.6. The number of carbonyl (C=O) groups excluding carboxylic acids is 11. The van der Waals surface area contributed by atoms with Gasteiger partial charge in [-0.1, -0.05) is 116 Å². The average Bonchev–Trinajstić information content (AvgIpc) is 0.813. The number of aliphatic hydroxyl groups excluding tert-OH is 1. The van der Waals surface area contributed by atoms with E-state index in [9.17, 15) is 24.3 Å². The quantitative estimate of drug-likeness (QED) is 0.132. The Morgan fingerprint density at radius 3 is 1.41 bits per heavy atom. The second kappa shape index (κ2) is 38.1. The molecule has 0 aliphatic carbocycles. The van der Waals surface area contributed by atoms with Crippen molar-refractivity contribution in [2.45, 2.75) is 243 Å². The summed E-state index contributed by atoms with van der Waals surface area (Å²) in [5, 5.41) is 15.1. The van der Waals surface area contributed by atoms with Gasteiger partial charge in [0.25, 0.3) is 0 Å². The smallest absolute Gasteiger partial charge is 0.248 e. The van der Waals surface area contributed by atoms with Crippen LogP contribution in [0.15, 0.2) is 12.2 Å². The van der Waals surface area contributed by atoms with Crippen LogP contribution in [0.3, 0.4) is 0 Å². The van der Waals surface area contributed by atoms with E-state index in [-0.39, 0.29) is 87.5 Å². The van der Waals surface area contributed by atoms with Gasteiger partial charge in [-0.2, -0.15) is 0 Å². The van der Waals surface area contributed by atoms with Gasteiger partial charge in [0.1, 0.15) is 42.0 Å². The van der Waals surface area contributed by atoms with Gasteiger partial charge in [0, 0.05) is 99.4 Å². The van der Waals surface area contributed by atoms with Gasteiger partial charge in [0.15, 0.2) is 11.6 Å². The number of hydrogen-bond donors (Lipinski definition) is 2. The molecule has 1 fully saturated rings. The number of Topliss-reactive ketones (excluding diaryl/α,β-unsaturated/α-hetero) is 3. The van der Waals surface area contributed by atoms with E-state index in [2.05, 4.69) is 5.32 Å². The van der Waals surface area contributed by atoms with Crippen LogP contribution in [-0.4, -0.2) is 234 Å². The molecule has 22 heteroatoms. The number of likely N-dealkylation sites (N-methyl/N-ethyl adjacent to an activating group) is 7. The van der Waals surface area contributed by atoms with Crippen LogP contribution in [0.2, 0.25) is 0 Å². The number of ketones is 3. The Morgan fingerprint density at radius 1 is 0.522 bits per heavy atom. The van der Waals surface area contributed by atoms with Crippen molar-refractivity contribution in [1.29, 1.82) is 0 Å². The third-order valence-corrected chi connectivity index (χ3v) is 18.2. The Labute approximate surface area is 553 Å². The molecule has 1 rings (SSSR count). The summed E-state index contributed by atoms with van der Waals surface area (Å²) in [6.07, 6.45) is 2.05. The zero-order valence-corrected chi connectivity index (χ0v) is 61.6. The molecule has 0 aromatic carbocycles. The molecule has 22 nitrogen and oxygen atoms in total. The normalized spacial score (nSPS) is 27.3. The van der Waals surface area contributed by atoms with Gasteiger partial charge < -0.3 is 54.2 Å². The Bertz CT molecular complexity index is 2510. The van der Waals surface area contributed by atoms with Crippen LogP contribution >= 0.6 is 0 Å². The number of allylic oxidation sites excluding steroid dienone is 2. The van der Waals surface area contributed by atoms with E-state index in [1.807, 2.05) is 47.6 Å². The van der Waals surface area contributed by atoms with Gasteiger partial charge in [-0.25, -0.2) is 0 Å². The highest BCUT2D eigenvalue weighted by Crippen LogP contribution is 2.30. The predicted molar refractivity (Wildman–Crippen MR) is 358 cm³/mol. The van der Waals surface area contributed by atoms with Crippen molar-refractivity contribution in [1.82, 2.24) is 39.6 Å². The van der Waals surface area contributed by atoms with Gasteiger partial charge in [-0.05, 0) is 95.3 Å². The fourth-order valence-corrected chi connectivity index (χ4v) is 12.4. The Morgan fingerprint density at radius 2 is 0.957 bits per heavy atom. The largest absolute Gasteiger partial charge is 0.390 e. The van der Waals surface area contributed by atoms with Crippen molar-refractivity contribution in [2.24, 2.45) is 59.2 Å². The zero-order valence-electron chi connectivity index (χ0n) is 61.6. The molecule has 0 bridgehead atoms. The fourth-order valence-electron chi connectivity index (χ4n) is 12.4. The van der Waals surface area contributed by atoms with Crippen LogP contribution in [0.1, 0.15) is 183 Å². The van der Waals surface area contributed by atoms with Gasteiger partial charge in [-0.3, -0.25) is 52.7 Å². The van der Waals surface area contributed by atoms with Crippen molar-refractivity contribution in [3.05, 3.63) is 12.2 Å². The molecule has 0 radical (unpaired) electrons. The number of rotatable bonds is 18. The summed E-state index contributed by atoms with van der Waals surface area (Å²) in [5.41, 5.74) is -0.837. The molecule has 8 amide bonds. The van der Waals surface area contributed by atoms with E-state index in [0.29, 0.717) is 6.42 Å². The van der Waals surface area contributed by atoms with E-state index in [1.165, 1.54) is 80.9 Å². The van der Waals surface area contributed by atoms with Gasteiger partial charge >= 0.3 is 0 Å². The maximum Gasteiger partial charge on any atom is 0.248 e. The maximum atomic E-state index is 15.3. The highest BCUT2D eigenvalue weighted by molar-refractivity contribution is 6.00. The fraction of sp³-hybridized carbons (Fsp3) is 0.814. The molecule has 1 aliphatic heterocycles. The minimum Gasteiger partial charge on any atom is -0.390 e. The molecule has 0 unspecified atom stereocenters. The minimum atomic E-state index is -1.65. The standard InChI is InChI=1S/C70H124N8O14/c1-28-30-31-45(13)61(82)60-62(83)71-50(29-2)65(86)75(23)54(39-92-70(17,18)19)68(89)77(25)59(48(16)38-91-27)57(81)37-49(43(9)10)64(85)72(20)51(32-40(3)4)56(80)35-46(14)55(79)36-47(15)63(84)73(21)52(33-41(5)6)66(87)74(22)53(34-42(7)8)67(88)76(24)58(44(11)12)69(90)78(60)26/h28,30,40-54,58-61,82H,29,31-39H2,1-27H3,(H,71,83)/b30-28+/t45-,46-,47+,48-,49+,50+,51+,52+,53+,54-,58+,59+,60+,61-/m1/s1. The third kappa shape index (κ3) is 23.7. The number of nitrogens with zero attached hydrogens (tertiary/aromatic N) is 7. The van der Waals surface area contributed by atoms with Crippen LogP contribution in [0.25, 0.3) is 0 Å². The van der Waals surface area contributed by atoms with Gasteiger partial charge in [0.05, 0.1) is 37.0 Å². The Kier molecular flexibility index (Phi) is 34.9. The van der Waals surface area contributed by atoms with Crippen LogP contribution in [0.5, 0.6) is 0 Å². The first kappa shape index (κ1) is 84.4. The number of ether oxygens (including phenoxy) is 2. The van der Waals surface area contributed by atoms with Crippen molar-refractivity contribution in [3.63, 3.8) is 0 Å². The molecule has 1 aliphatic rings. The first-order chi connectivity index (χ1) is 42.4. The lowest BCUT2D eigenvalue weighted by Crippen LogP contribution is -2.64. The van der Waals surface area contributed by atoms with Crippen LogP contribution in [0.4, 0.5) is 0 Å². The van der Waals surface area contributed by atoms with Crippen LogP contribution in [-0.2, 0) is 62.2 Å². The van der Waals surface area contributed by atoms with Crippen LogP contribution < -0.4 is 5.32 Å². The molecule has 0 saturated carbocycles. The number of hydrogen-bond acceptors (Lipinski definition) is 14. The number of nitrogens with one attached hydrogen (secondary N) is 1. The van der Waals surface area contributed by atoms with E-state index in [4.69, 9.17) is 9.47 Å². The topological polar surface area (TPSA) is 261 Å². The molecule has 0 aromatic heterocycles. The maximum absolute atomic E-state index is 15.3. The lowest BCUT2D eigenvalue weighted by Gasteiger charge is -2.41. The number of methoxy groups -OCH3 is 1. The number of amides is 8. The first-order valence-corrected chi connectivity index (χ1v) is 33.6. The monoisotopic (exact) mass is 1300 g/mol. The number of aliphatic hydroxyl groups is 1. The summed E-state index contributed by atoms with van der Waals surface area (Å²) in [7, 11) is 11.6. The van der Waals surface area contributed by atoms with Crippen molar-refractivity contribution in [3.8, 4) is 0 Å². The lowest BCUT2D eigenvalue weighted by molar-refractivity contribution is -0.158. The second-order valence-corrected chi connectivity index (χ2v) is 29.4. The van der Waals surface area contributed by atoms with Crippen molar-refractivity contribution in [2.75, 3.05) is 69.7 Å². The molecule has 0 spiro atoms. The third-order valence-electron chi connectivity index (χ3n) is 18.2. The minimum absolute atomic E-state index is 0.0117. The average molecular weight is 1300 g/mol. The van der Waals surface area contributed by atoms with E-state index in [0.717, 1.165) is 9.80 Å². The molecular formula is C70H124N8O14. The Balaban J connectivity index is 4.57. The molecule has 1 heterocycles. The molecule has 528 valence electrons. The van der Waals surface area contributed by atoms with Crippen molar-refractivity contribution < 1.29 is 67.3 Å². The summed E-state index contributed by atoms with van der Waals surface area (Å²) in [6, 6.07) is -10.1. The van der Waals surface area contributed by atoms with Gasteiger partial charge in [-0.15, -0.1) is 0 Å². The molecule has 2 N–H and O–H groups in total.